The van der Waals surface area contributed by atoms with Gasteiger partial charge in [-0.1, -0.05) is 41.9 Å². The van der Waals surface area contributed by atoms with Crippen molar-refractivity contribution in [2.24, 2.45) is 0 Å². The van der Waals surface area contributed by atoms with Crippen LogP contribution in [0.3, 0.4) is 0 Å². The van der Waals surface area contributed by atoms with E-state index in [1.807, 2.05) is 32.0 Å². The molecular weight excluding hydrogens is 384 g/mol. The van der Waals surface area contributed by atoms with E-state index in [4.69, 9.17) is 11.6 Å². The lowest BCUT2D eigenvalue weighted by atomic mass is 10.1. The van der Waals surface area contributed by atoms with Crippen LogP contribution in [-0.2, 0) is 9.59 Å². The van der Waals surface area contributed by atoms with Crippen molar-refractivity contribution >= 4 is 52.2 Å². The molecule has 1 heterocycles. The third kappa shape index (κ3) is 4.40. The molecule has 0 bridgehead atoms. The molecule has 0 saturated carbocycles. The van der Waals surface area contributed by atoms with Crippen LogP contribution in [0, 0.1) is 13.8 Å². The molecule has 0 unspecified atom stereocenters. The SMILES string of the molecule is Cc1ccc(C)c(NC(=O)CN2C(=O)S/C(=C\c3ccccc3Cl)C2=O)c1. The van der Waals surface area contributed by atoms with Gasteiger partial charge in [-0.25, -0.2) is 0 Å². The van der Waals surface area contributed by atoms with E-state index in [2.05, 4.69) is 5.32 Å². The van der Waals surface area contributed by atoms with Gasteiger partial charge >= 0.3 is 0 Å². The summed E-state index contributed by atoms with van der Waals surface area (Å²) in [5.41, 5.74) is 3.22. The number of aryl methyl sites for hydroxylation is 2. The van der Waals surface area contributed by atoms with E-state index in [0.717, 1.165) is 27.8 Å². The zero-order valence-electron chi connectivity index (χ0n) is 14.8. The average molecular weight is 401 g/mol. The Bertz CT molecular complexity index is 971. The van der Waals surface area contributed by atoms with Gasteiger partial charge in [-0.3, -0.25) is 19.3 Å². The van der Waals surface area contributed by atoms with E-state index in [1.165, 1.54) is 0 Å². The van der Waals surface area contributed by atoms with Crippen molar-refractivity contribution in [2.45, 2.75) is 13.8 Å². The number of carbonyl (C=O) groups is 3. The van der Waals surface area contributed by atoms with Gasteiger partial charge < -0.3 is 5.32 Å². The van der Waals surface area contributed by atoms with Crippen LogP contribution in [0.1, 0.15) is 16.7 Å². The van der Waals surface area contributed by atoms with Crippen molar-refractivity contribution in [3.8, 4) is 0 Å². The summed E-state index contributed by atoms with van der Waals surface area (Å²) in [4.78, 5) is 38.2. The molecule has 27 heavy (non-hydrogen) atoms. The minimum Gasteiger partial charge on any atom is -0.324 e. The molecule has 1 N–H and O–H groups in total. The molecule has 0 radical (unpaired) electrons. The van der Waals surface area contributed by atoms with Crippen molar-refractivity contribution in [3.05, 3.63) is 69.1 Å². The van der Waals surface area contributed by atoms with Gasteiger partial charge in [-0.15, -0.1) is 0 Å². The highest BCUT2D eigenvalue weighted by Gasteiger charge is 2.36. The second kappa shape index (κ2) is 7.98. The van der Waals surface area contributed by atoms with Gasteiger partial charge in [0.25, 0.3) is 11.1 Å². The highest BCUT2D eigenvalue weighted by molar-refractivity contribution is 8.18. The number of imide groups is 1. The number of anilines is 1. The lowest BCUT2D eigenvalue weighted by Gasteiger charge is -2.14. The molecule has 0 spiro atoms. The maximum atomic E-state index is 12.5. The quantitative estimate of drug-likeness (QED) is 0.759. The number of hydrogen-bond donors (Lipinski definition) is 1. The summed E-state index contributed by atoms with van der Waals surface area (Å²) < 4.78 is 0. The van der Waals surface area contributed by atoms with Crippen LogP contribution in [0.5, 0.6) is 0 Å². The van der Waals surface area contributed by atoms with E-state index < -0.39 is 17.1 Å². The molecule has 1 saturated heterocycles. The fourth-order valence-electron chi connectivity index (χ4n) is 2.57. The zero-order chi connectivity index (χ0) is 19.6. The molecule has 5 nitrogen and oxygen atoms in total. The highest BCUT2D eigenvalue weighted by Crippen LogP contribution is 2.33. The Morgan fingerprint density at radius 1 is 1.19 bits per heavy atom. The topological polar surface area (TPSA) is 66.5 Å². The molecule has 1 fully saturated rings. The third-order valence-corrected chi connectivity index (χ3v) is 5.29. The van der Waals surface area contributed by atoms with Crippen LogP contribution in [0.25, 0.3) is 6.08 Å². The number of nitrogens with one attached hydrogen (secondary N) is 1. The number of carbonyl (C=O) groups excluding carboxylic acids is 3. The number of hydrogen-bond acceptors (Lipinski definition) is 4. The van der Waals surface area contributed by atoms with Gasteiger partial charge in [-0.2, -0.15) is 0 Å². The number of benzene rings is 2. The summed E-state index contributed by atoms with van der Waals surface area (Å²) in [7, 11) is 0. The maximum absolute atomic E-state index is 12.5. The summed E-state index contributed by atoms with van der Waals surface area (Å²) in [5.74, 6) is -0.925. The molecule has 0 aromatic heterocycles. The van der Waals surface area contributed by atoms with Crippen molar-refractivity contribution in [1.82, 2.24) is 4.90 Å². The van der Waals surface area contributed by atoms with Gasteiger partial charge in [0, 0.05) is 10.7 Å². The Morgan fingerprint density at radius 2 is 1.93 bits per heavy atom. The number of nitrogens with zero attached hydrogens (tertiary/aromatic N) is 1. The summed E-state index contributed by atoms with van der Waals surface area (Å²) in [6.07, 6.45) is 1.57. The summed E-state index contributed by atoms with van der Waals surface area (Å²) in [6.45, 7) is 3.46. The Morgan fingerprint density at radius 3 is 2.67 bits per heavy atom. The Balaban J connectivity index is 1.73. The summed E-state index contributed by atoms with van der Waals surface area (Å²) in [5, 5.41) is 2.76. The lowest BCUT2D eigenvalue weighted by Crippen LogP contribution is -2.36. The van der Waals surface area contributed by atoms with E-state index in [0.29, 0.717) is 16.3 Å². The first-order valence-corrected chi connectivity index (χ1v) is 9.41. The zero-order valence-corrected chi connectivity index (χ0v) is 16.4. The van der Waals surface area contributed by atoms with E-state index in [9.17, 15) is 14.4 Å². The predicted molar refractivity (Wildman–Crippen MR) is 109 cm³/mol. The van der Waals surface area contributed by atoms with E-state index in [-0.39, 0.29) is 11.4 Å². The van der Waals surface area contributed by atoms with Crippen molar-refractivity contribution < 1.29 is 14.4 Å². The maximum Gasteiger partial charge on any atom is 0.294 e. The van der Waals surface area contributed by atoms with Crippen molar-refractivity contribution in [2.75, 3.05) is 11.9 Å². The average Bonchev–Trinajstić information content (AvgIpc) is 2.87. The van der Waals surface area contributed by atoms with Crippen molar-refractivity contribution in [1.29, 1.82) is 0 Å². The fraction of sp³-hybridized carbons (Fsp3) is 0.150. The molecule has 2 aromatic carbocycles. The largest absolute Gasteiger partial charge is 0.324 e. The monoisotopic (exact) mass is 400 g/mol. The molecule has 0 atom stereocenters. The van der Waals surface area contributed by atoms with Crippen LogP contribution in [0.4, 0.5) is 10.5 Å². The van der Waals surface area contributed by atoms with Crippen LogP contribution in [0.2, 0.25) is 5.02 Å². The van der Waals surface area contributed by atoms with E-state index >= 15 is 0 Å². The minimum atomic E-state index is -0.499. The van der Waals surface area contributed by atoms with Gasteiger partial charge in [-0.05, 0) is 60.5 Å². The number of halogens is 1. The van der Waals surface area contributed by atoms with Crippen molar-refractivity contribution in [3.63, 3.8) is 0 Å². The fourth-order valence-corrected chi connectivity index (χ4v) is 3.59. The number of amides is 3. The molecule has 1 aliphatic rings. The first-order valence-electron chi connectivity index (χ1n) is 8.22. The molecule has 0 aliphatic carbocycles. The molecule has 1 aliphatic heterocycles. The second-order valence-electron chi connectivity index (χ2n) is 6.16. The van der Waals surface area contributed by atoms with Crippen LogP contribution in [0.15, 0.2) is 47.4 Å². The molecular formula is C20H17ClN2O3S. The molecule has 7 heteroatoms. The Labute approximate surface area is 166 Å². The van der Waals surface area contributed by atoms with Gasteiger partial charge in [0.05, 0.1) is 4.91 Å². The standard InChI is InChI=1S/C20H17ClN2O3S/c1-12-7-8-13(2)16(9-12)22-18(24)11-23-19(25)17(27-20(23)26)10-14-5-3-4-6-15(14)21/h3-10H,11H2,1-2H3,(H,22,24)/b17-10-. The summed E-state index contributed by atoms with van der Waals surface area (Å²) in [6, 6.07) is 12.7. The molecule has 3 rings (SSSR count). The number of rotatable bonds is 4. The van der Waals surface area contributed by atoms with E-state index in [1.54, 1.807) is 30.3 Å². The molecule has 138 valence electrons. The van der Waals surface area contributed by atoms with Crippen LogP contribution in [-0.4, -0.2) is 28.5 Å². The summed E-state index contributed by atoms with van der Waals surface area (Å²) >= 11 is 6.90. The van der Waals surface area contributed by atoms with Gasteiger partial charge in [0.15, 0.2) is 0 Å². The minimum absolute atomic E-state index is 0.243. The first kappa shape index (κ1) is 19.2. The first-order chi connectivity index (χ1) is 12.8. The molecule has 3 amide bonds. The Kier molecular flexibility index (Phi) is 5.68. The third-order valence-electron chi connectivity index (χ3n) is 4.03. The van der Waals surface area contributed by atoms with Crippen LogP contribution >= 0.6 is 23.4 Å². The smallest absolute Gasteiger partial charge is 0.294 e. The number of thioether (sulfide) groups is 1. The second-order valence-corrected chi connectivity index (χ2v) is 7.56. The van der Waals surface area contributed by atoms with Gasteiger partial charge in [0.1, 0.15) is 6.54 Å². The highest BCUT2D eigenvalue weighted by atomic mass is 35.5. The normalized spacial score (nSPS) is 15.5. The molecule has 2 aromatic rings. The predicted octanol–water partition coefficient (Wildman–Crippen LogP) is 4.63. The Hall–Kier alpha value is -2.57. The van der Waals surface area contributed by atoms with Crippen LogP contribution < -0.4 is 5.32 Å². The van der Waals surface area contributed by atoms with Gasteiger partial charge in [0.2, 0.25) is 5.91 Å². The lowest BCUT2D eigenvalue weighted by molar-refractivity contribution is -0.127.